The Labute approximate surface area is 213 Å². The summed E-state index contributed by atoms with van der Waals surface area (Å²) in [4.78, 5) is 21.0. The number of fused-ring (bicyclic) bond motifs is 1. The molecule has 0 unspecified atom stereocenters. The van der Waals surface area contributed by atoms with Gasteiger partial charge in [0.05, 0.1) is 39.1 Å². The number of benzene rings is 1. The quantitative estimate of drug-likeness (QED) is 0.457. The summed E-state index contributed by atoms with van der Waals surface area (Å²) in [5, 5.41) is 7.53. The topological polar surface area (TPSA) is 106 Å². The zero-order valence-corrected chi connectivity index (χ0v) is 21.8. The maximum Gasteiger partial charge on any atom is 0.277 e. The number of aryl methyl sites for hydroxylation is 2. The minimum atomic E-state index is -3.69. The van der Waals surface area contributed by atoms with Gasteiger partial charge in [-0.3, -0.25) is 14.5 Å². The molecule has 1 aliphatic carbocycles. The Morgan fingerprint density at radius 2 is 1.92 bits per heavy atom. The van der Waals surface area contributed by atoms with E-state index in [9.17, 15) is 22.0 Å². The van der Waals surface area contributed by atoms with E-state index in [0.29, 0.717) is 22.6 Å². The number of hydrogen-bond donors (Lipinski definition) is 1. The van der Waals surface area contributed by atoms with Gasteiger partial charge < -0.3 is 5.32 Å². The second-order valence-corrected chi connectivity index (χ2v) is 11.7. The van der Waals surface area contributed by atoms with Crippen molar-refractivity contribution in [1.29, 1.82) is 0 Å². The molecule has 11 heteroatoms. The number of carbonyl (C=O) groups is 1. The van der Waals surface area contributed by atoms with E-state index in [4.69, 9.17) is 0 Å². The first-order valence-electron chi connectivity index (χ1n) is 11.9. The molecule has 1 N–H and O–H groups in total. The molecule has 5 rings (SSSR count). The van der Waals surface area contributed by atoms with Gasteiger partial charge in [0.2, 0.25) is 0 Å². The zero-order chi connectivity index (χ0) is 26.6. The number of pyridine rings is 1. The number of nitrogens with zero attached hydrogens (tertiary/aromatic N) is 4. The van der Waals surface area contributed by atoms with E-state index in [1.807, 2.05) is 20.9 Å². The lowest BCUT2D eigenvalue weighted by Crippen LogP contribution is -2.11. The van der Waals surface area contributed by atoms with Crippen molar-refractivity contribution in [1.82, 2.24) is 14.8 Å². The third kappa shape index (κ3) is 4.92. The Hall–Kier alpha value is -3.47. The van der Waals surface area contributed by atoms with Gasteiger partial charge >= 0.3 is 0 Å². The van der Waals surface area contributed by atoms with Gasteiger partial charge in [-0.2, -0.15) is 5.10 Å². The number of hydrogen-bond acceptors (Lipinski definition) is 7. The van der Waals surface area contributed by atoms with Gasteiger partial charge in [0.25, 0.3) is 6.43 Å². The zero-order valence-electron chi connectivity index (χ0n) is 21.0. The molecule has 37 heavy (non-hydrogen) atoms. The minimum absolute atomic E-state index is 0.0307. The predicted molar refractivity (Wildman–Crippen MR) is 137 cm³/mol. The summed E-state index contributed by atoms with van der Waals surface area (Å²) in [6.45, 7) is 3.77. The monoisotopic (exact) mass is 527 g/mol. The Bertz CT molecular complexity index is 1570. The van der Waals surface area contributed by atoms with Crippen molar-refractivity contribution in [3.05, 3.63) is 47.0 Å². The van der Waals surface area contributed by atoms with Crippen LogP contribution < -0.4 is 5.32 Å². The van der Waals surface area contributed by atoms with E-state index in [2.05, 4.69) is 20.4 Å². The first-order chi connectivity index (χ1) is 17.4. The molecule has 0 atom stereocenters. The van der Waals surface area contributed by atoms with Crippen molar-refractivity contribution in [2.75, 3.05) is 11.6 Å². The normalized spacial score (nSPS) is 15.2. The van der Waals surface area contributed by atoms with Crippen LogP contribution in [0.2, 0.25) is 0 Å². The maximum atomic E-state index is 13.5. The fourth-order valence-electron chi connectivity index (χ4n) is 4.72. The average Bonchev–Trinajstić information content (AvgIpc) is 3.52. The van der Waals surface area contributed by atoms with Crippen LogP contribution in [0.15, 0.2) is 34.2 Å². The number of halogens is 2. The van der Waals surface area contributed by atoms with E-state index in [0.717, 1.165) is 36.0 Å². The molecule has 0 bridgehead atoms. The predicted octanol–water partition coefficient (Wildman–Crippen LogP) is 4.66. The van der Waals surface area contributed by atoms with Crippen LogP contribution in [-0.4, -0.2) is 47.4 Å². The Balaban J connectivity index is 1.59. The van der Waals surface area contributed by atoms with E-state index in [1.165, 1.54) is 0 Å². The summed E-state index contributed by atoms with van der Waals surface area (Å²) in [6, 6.07) is 6.63. The molecular formula is C26H27F2N5O3S. The number of aliphatic imine (C=N–C) groups is 1. The number of anilines is 2. The molecule has 8 nitrogen and oxygen atoms in total. The molecule has 2 aromatic heterocycles. The molecule has 1 saturated carbocycles. The second kappa shape index (κ2) is 9.13. The summed E-state index contributed by atoms with van der Waals surface area (Å²) >= 11 is 0. The number of ketones is 1. The molecule has 0 radical (unpaired) electrons. The highest BCUT2D eigenvalue weighted by Gasteiger charge is 2.31. The first-order valence-corrected chi connectivity index (χ1v) is 13.8. The first kappa shape index (κ1) is 25.2. The highest BCUT2D eigenvalue weighted by Crippen LogP contribution is 2.40. The Morgan fingerprint density at radius 1 is 1.19 bits per heavy atom. The summed E-state index contributed by atoms with van der Waals surface area (Å²) in [6.07, 6.45) is 0.0549. The van der Waals surface area contributed by atoms with Crippen LogP contribution in [-0.2, 0) is 34.5 Å². The fraction of sp³-hybridized carbons (Fsp3) is 0.385. The number of alkyl halides is 2. The molecule has 1 aliphatic heterocycles. The number of Topliss-reactive ketones (excluding diaryl/α,β-unsaturated/α-hetero) is 1. The number of rotatable bonds is 8. The van der Waals surface area contributed by atoms with Gasteiger partial charge in [-0.25, -0.2) is 22.2 Å². The molecule has 2 aliphatic rings. The van der Waals surface area contributed by atoms with Crippen molar-refractivity contribution in [3.8, 4) is 11.1 Å². The van der Waals surface area contributed by atoms with Crippen LogP contribution in [0.25, 0.3) is 11.1 Å². The molecular weight excluding hydrogens is 500 g/mol. The Kier molecular flexibility index (Phi) is 6.21. The number of carbonyl (C=O) groups excluding carboxylic acids is 1. The van der Waals surface area contributed by atoms with Gasteiger partial charge in [-0.05, 0) is 50.5 Å². The van der Waals surface area contributed by atoms with E-state index < -0.39 is 16.3 Å². The minimum Gasteiger partial charge on any atom is -0.353 e. The highest BCUT2D eigenvalue weighted by atomic mass is 32.2. The van der Waals surface area contributed by atoms with Crippen molar-refractivity contribution in [2.24, 2.45) is 18.0 Å². The van der Waals surface area contributed by atoms with Crippen molar-refractivity contribution < 1.29 is 22.0 Å². The van der Waals surface area contributed by atoms with Gasteiger partial charge in [0.15, 0.2) is 9.84 Å². The van der Waals surface area contributed by atoms with E-state index in [-0.39, 0.29) is 46.5 Å². The fourth-order valence-corrected chi connectivity index (χ4v) is 5.58. The molecule has 1 fully saturated rings. The molecule has 0 amide bonds. The molecule has 0 spiro atoms. The van der Waals surface area contributed by atoms with Crippen LogP contribution in [0, 0.1) is 19.8 Å². The average molecular weight is 528 g/mol. The van der Waals surface area contributed by atoms with Crippen molar-refractivity contribution >= 4 is 38.4 Å². The summed E-state index contributed by atoms with van der Waals surface area (Å²) in [5.74, 6) is 0.0953. The number of nitrogens with one attached hydrogen (secondary N) is 1. The van der Waals surface area contributed by atoms with Gasteiger partial charge in [-0.1, -0.05) is 6.07 Å². The second-order valence-electron chi connectivity index (χ2n) is 9.73. The third-order valence-corrected chi connectivity index (χ3v) is 7.95. The van der Waals surface area contributed by atoms with Crippen LogP contribution in [0.5, 0.6) is 0 Å². The van der Waals surface area contributed by atoms with E-state index in [1.54, 1.807) is 28.9 Å². The number of sulfone groups is 1. The lowest BCUT2D eigenvalue weighted by Gasteiger charge is -2.16. The van der Waals surface area contributed by atoms with Gasteiger partial charge in [0, 0.05) is 43.3 Å². The highest BCUT2D eigenvalue weighted by molar-refractivity contribution is 7.90. The van der Waals surface area contributed by atoms with Gasteiger partial charge in [-0.15, -0.1) is 0 Å². The molecule has 1 aromatic carbocycles. The maximum absolute atomic E-state index is 13.5. The number of aromatic nitrogens is 3. The summed E-state index contributed by atoms with van der Waals surface area (Å²) < 4.78 is 54.3. The SMILES string of the molecule is Cc1nn(C)c(C)c1-c1ccc(Nc2cc(CC(=O)C3CC3)nc3c2N=C(C(F)F)C3)c(S(C)(=O)=O)c1. The van der Waals surface area contributed by atoms with E-state index >= 15 is 0 Å². The van der Waals surface area contributed by atoms with Crippen LogP contribution in [0.4, 0.5) is 25.8 Å². The molecule has 3 heterocycles. The third-order valence-electron chi connectivity index (χ3n) is 6.81. The van der Waals surface area contributed by atoms with Crippen LogP contribution in [0.1, 0.15) is 35.6 Å². The summed E-state index contributed by atoms with van der Waals surface area (Å²) in [7, 11) is -1.87. The lowest BCUT2D eigenvalue weighted by molar-refractivity contribution is -0.119. The summed E-state index contributed by atoms with van der Waals surface area (Å²) in [5.41, 5.74) is 4.54. The standard InChI is InChI=1S/C26H27F2N5O3S/c1-13-24(14(2)33(3)32-13)16-7-8-18(23(9-16)37(4,35)36)30-19-10-17(11-22(34)15-5-6-15)29-20-12-21(26(27)28)31-25(19)20/h7-10,15,26H,5-6,11-12H2,1-4H3,(H,29,30). The molecule has 0 saturated heterocycles. The van der Waals surface area contributed by atoms with Crippen LogP contribution in [0.3, 0.4) is 0 Å². The van der Waals surface area contributed by atoms with Crippen LogP contribution >= 0.6 is 0 Å². The van der Waals surface area contributed by atoms with Crippen molar-refractivity contribution in [2.45, 2.75) is 50.9 Å². The smallest absolute Gasteiger partial charge is 0.277 e. The van der Waals surface area contributed by atoms with Gasteiger partial charge in [0.1, 0.15) is 11.5 Å². The van der Waals surface area contributed by atoms with Crippen molar-refractivity contribution in [3.63, 3.8) is 0 Å². The molecule has 3 aromatic rings. The molecule has 194 valence electrons. The Morgan fingerprint density at radius 3 is 2.51 bits per heavy atom. The largest absolute Gasteiger partial charge is 0.353 e. The lowest BCUT2D eigenvalue weighted by atomic mass is 10.0.